The van der Waals surface area contributed by atoms with Crippen LogP contribution in [0.5, 0.6) is 5.75 Å². The Bertz CT molecular complexity index is 823. The number of nitrogens with one attached hydrogen (secondary N) is 1. The van der Waals surface area contributed by atoms with Gasteiger partial charge in [-0.25, -0.2) is 13.1 Å². The summed E-state index contributed by atoms with van der Waals surface area (Å²) in [6.45, 7) is 4.35. The molecule has 0 saturated carbocycles. The van der Waals surface area contributed by atoms with Crippen LogP contribution in [0, 0.1) is 13.8 Å². The molecule has 2 aromatic rings. The Balaban J connectivity index is 1.87. The van der Waals surface area contributed by atoms with Crippen molar-refractivity contribution in [3.63, 3.8) is 0 Å². The van der Waals surface area contributed by atoms with Gasteiger partial charge in [0.15, 0.2) is 0 Å². The van der Waals surface area contributed by atoms with E-state index in [0.717, 1.165) is 16.9 Å². The van der Waals surface area contributed by atoms with Crippen LogP contribution in [-0.4, -0.2) is 21.6 Å². The van der Waals surface area contributed by atoms with Crippen molar-refractivity contribution in [2.24, 2.45) is 0 Å². The van der Waals surface area contributed by atoms with Crippen molar-refractivity contribution in [2.75, 3.05) is 13.2 Å². The third kappa shape index (κ3) is 5.67. The van der Waals surface area contributed by atoms with Crippen molar-refractivity contribution in [3.05, 3.63) is 63.1 Å². The van der Waals surface area contributed by atoms with Gasteiger partial charge in [0, 0.05) is 16.6 Å². The predicted octanol–water partition coefficient (Wildman–Crippen LogP) is 4.11. The van der Waals surface area contributed by atoms with E-state index in [9.17, 15) is 8.42 Å². The predicted molar refractivity (Wildman–Crippen MR) is 98.5 cm³/mol. The van der Waals surface area contributed by atoms with Gasteiger partial charge in [-0.2, -0.15) is 0 Å². The SMILES string of the molecule is Cc1ccc(C)c(OCCNS(=O)(=O)Cc2ccc(Cl)cc2Cl)c1. The van der Waals surface area contributed by atoms with E-state index in [1.165, 1.54) is 6.07 Å². The second-order valence-corrected chi connectivity index (χ2v) is 8.16. The molecule has 0 aromatic heterocycles. The smallest absolute Gasteiger partial charge is 0.215 e. The standard InChI is InChI=1S/C17H19Cl2NO3S/c1-12-3-4-13(2)17(9-12)23-8-7-20-24(21,22)11-14-5-6-15(18)10-16(14)19/h3-6,9-10,20H,7-8,11H2,1-2H3. The van der Waals surface area contributed by atoms with Gasteiger partial charge < -0.3 is 4.74 Å². The summed E-state index contributed by atoms with van der Waals surface area (Å²) in [5.41, 5.74) is 2.61. The molecular weight excluding hydrogens is 369 g/mol. The van der Waals surface area contributed by atoms with Crippen molar-refractivity contribution in [3.8, 4) is 5.75 Å². The fourth-order valence-electron chi connectivity index (χ4n) is 2.12. The van der Waals surface area contributed by atoms with Gasteiger partial charge >= 0.3 is 0 Å². The number of hydrogen-bond donors (Lipinski definition) is 1. The summed E-state index contributed by atoms with van der Waals surface area (Å²) in [5, 5.41) is 0.801. The van der Waals surface area contributed by atoms with Crippen molar-refractivity contribution in [2.45, 2.75) is 19.6 Å². The molecule has 130 valence electrons. The molecule has 0 bridgehead atoms. The molecule has 24 heavy (non-hydrogen) atoms. The topological polar surface area (TPSA) is 55.4 Å². The summed E-state index contributed by atoms with van der Waals surface area (Å²) in [5.74, 6) is 0.557. The van der Waals surface area contributed by atoms with Crippen LogP contribution in [0.1, 0.15) is 16.7 Å². The Morgan fingerprint density at radius 3 is 2.54 bits per heavy atom. The lowest BCUT2D eigenvalue weighted by atomic mass is 10.1. The molecule has 0 radical (unpaired) electrons. The first kappa shape index (κ1) is 19.1. The van der Waals surface area contributed by atoms with Crippen LogP contribution in [0.2, 0.25) is 10.0 Å². The molecule has 4 nitrogen and oxygen atoms in total. The van der Waals surface area contributed by atoms with Gasteiger partial charge in [0.2, 0.25) is 10.0 Å². The van der Waals surface area contributed by atoms with Gasteiger partial charge in [-0.05, 0) is 48.7 Å². The van der Waals surface area contributed by atoms with Crippen molar-refractivity contribution in [1.82, 2.24) is 4.72 Å². The highest BCUT2D eigenvalue weighted by molar-refractivity contribution is 7.88. The summed E-state index contributed by atoms with van der Waals surface area (Å²) >= 11 is 11.8. The van der Waals surface area contributed by atoms with E-state index in [-0.39, 0.29) is 18.9 Å². The monoisotopic (exact) mass is 387 g/mol. The van der Waals surface area contributed by atoms with E-state index in [2.05, 4.69) is 4.72 Å². The number of benzene rings is 2. The number of sulfonamides is 1. The van der Waals surface area contributed by atoms with Gasteiger partial charge in [0.05, 0.1) is 5.75 Å². The molecule has 0 unspecified atom stereocenters. The van der Waals surface area contributed by atoms with Crippen LogP contribution < -0.4 is 9.46 Å². The van der Waals surface area contributed by atoms with E-state index in [4.69, 9.17) is 27.9 Å². The maximum absolute atomic E-state index is 12.1. The third-order valence-electron chi connectivity index (χ3n) is 3.39. The summed E-state index contributed by atoms with van der Waals surface area (Å²) in [6.07, 6.45) is 0. The fraction of sp³-hybridized carbons (Fsp3) is 0.294. The van der Waals surface area contributed by atoms with E-state index >= 15 is 0 Å². The Morgan fingerprint density at radius 1 is 1.08 bits per heavy atom. The van der Waals surface area contributed by atoms with E-state index in [1.807, 2.05) is 32.0 Å². The highest BCUT2D eigenvalue weighted by atomic mass is 35.5. The zero-order chi connectivity index (χ0) is 17.7. The van der Waals surface area contributed by atoms with Crippen LogP contribution >= 0.6 is 23.2 Å². The summed E-state index contributed by atoms with van der Waals surface area (Å²) < 4.78 is 32.4. The maximum atomic E-state index is 12.1. The minimum absolute atomic E-state index is 0.181. The minimum atomic E-state index is -3.50. The van der Waals surface area contributed by atoms with Crippen molar-refractivity contribution >= 4 is 33.2 Å². The molecule has 2 rings (SSSR count). The molecule has 7 heteroatoms. The quantitative estimate of drug-likeness (QED) is 0.727. The number of ether oxygens (including phenoxy) is 1. The lowest BCUT2D eigenvalue weighted by molar-refractivity contribution is 0.320. The summed E-state index contributed by atoms with van der Waals surface area (Å²) in [6, 6.07) is 10.6. The van der Waals surface area contributed by atoms with Crippen LogP contribution in [0.3, 0.4) is 0 Å². The van der Waals surface area contributed by atoms with Crippen LogP contribution in [0.15, 0.2) is 36.4 Å². The molecule has 1 N–H and O–H groups in total. The van der Waals surface area contributed by atoms with Crippen LogP contribution in [-0.2, 0) is 15.8 Å². The second kappa shape index (κ2) is 8.21. The fourth-order valence-corrected chi connectivity index (χ4v) is 3.83. The Hall–Kier alpha value is -1.27. The van der Waals surface area contributed by atoms with Gasteiger partial charge in [-0.3, -0.25) is 0 Å². The zero-order valence-electron chi connectivity index (χ0n) is 13.5. The normalized spacial score (nSPS) is 11.5. The molecule has 0 aliphatic heterocycles. The largest absolute Gasteiger partial charge is 0.492 e. The molecule has 0 fully saturated rings. The Morgan fingerprint density at radius 2 is 1.83 bits per heavy atom. The highest BCUT2D eigenvalue weighted by Crippen LogP contribution is 2.22. The Kier molecular flexibility index (Phi) is 6.52. The lowest BCUT2D eigenvalue weighted by Crippen LogP contribution is -2.29. The van der Waals surface area contributed by atoms with Gasteiger partial charge in [0.1, 0.15) is 12.4 Å². The molecule has 0 aliphatic rings. The van der Waals surface area contributed by atoms with Crippen LogP contribution in [0.25, 0.3) is 0 Å². The van der Waals surface area contributed by atoms with Gasteiger partial charge in [0.25, 0.3) is 0 Å². The summed E-state index contributed by atoms with van der Waals surface area (Å²) in [4.78, 5) is 0. The van der Waals surface area contributed by atoms with Gasteiger partial charge in [-0.1, -0.05) is 41.4 Å². The molecule has 2 aromatic carbocycles. The third-order valence-corrected chi connectivity index (χ3v) is 5.31. The zero-order valence-corrected chi connectivity index (χ0v) is 15.8. The van der Waals surface area contributed by atoms with Crippen molar-refractivity contribution in [1.29, 1.82) is 0 Å². The van der Waals surface area contributed by atoms with E-state index < -0.39 is 10.0 Å². The average Bonchev–Trinajstić information content (AvgIpc) is 2.50. The van der Waals surface area contributed by atoms with Crippen LogP contribution in [0.4, 0.5) is 0 Å². The maximum Gasteiger partial charge on any atom is 0.215 e. The average molecular weight is 388 g/mol. The number of hydrogen-bond acceptors (Lipinski definition) is 3. The Labute approximate surface area is 152 Å². The minimum Gasteiger partial charge on any atom is -0.492 e. The van der Waals surface area contributed by atoms with E-state index in [1.54, 1.807) is 12.1 Å². The van der Waals surface area contributed by atoms with E-state index in [0.29, 0.717) is 15.6 Å². The van der Waals surface area contributed by atoms with Crippen molar-refractivity contribution < 1.29 is 13.2 Å². The molecule has 0 saturated heterocycles. The number of rotatable bonds is 7. The number of aryl methyl sites for hydroxylation is 2. The second-order valence-electron chi connectivity index (χ2n) is 5.51. The molecule has 0 amide bonds. The molecule has 0 atom stereocenters. The lowest BCUT2D eigenvalue weighted by Gasteiger charge is -2.11. The summed E-state index contributed by atoms with van der Waals surface area (Å²) in [7, 11) is -3.50. The molecule has 0 aliphatic carbocycles. The molecular formula is C17H19Cl2NO3S. The first-order valence-electron chi connectivity index (χ1n) is 7.38. The highest BCUT2D eigenvalue weighted by Gasteiger charge is 2.14. The van der Waals surface area contributed by atoms with Gasteiger partial charge in [-0.15, -0.1) is 0 Å². The number of halogens is 2. The first-order valence-corrected chi connectivity index (χ1v) is 9.79. The first-order chi connectivity index (χ1) is 11.3. The molecule has 0 spiro atoms. The molecule has 0 heterocycles.